The quantitative estimate of drug-likeness (QED) is 0.930. The molecule has 0 aromatic carbocycles. The Balaban J connectivity index is 2.04. The van der Waals surface area contributed by atoms with E-state index < -0.39 is 16.0 Å². The number of fused-ring (bicyclic) bond motifs is 1. The Hall–Kier alpha value is -1.22. The molecular weight excluding hydrogens is 330 g/mol. The van der Waals surface area contributed by atoms with Gasteiger partial charge in [-0.1, -0.05) is 0 Å². The molecule has 0 saturated heterocycles. The van der Waals surface area contributed by atoms with Gasteiger partial charge in [0.1, 0.15) is 9.77 Å². The number of hydrogen-bond donors (Lipinski definition) is 1. The SMILES string of the molecule is CC1c2ccsc2CCN1S(=O)(=O)c1ccsc1C(=O)O. The zero-order valence-corrected chi connectivity index (χ0v) is 13.6. The first-order valence-electron chi connectivity index (χ1n) is 6.32. The maximum Gasteiger partial charge on any atom is 0.347 e. The molecule has 0 aliphatic carbocycles. The molecule has 1 unspecified atom stereocenters. The van der Waals surface area contributed by atoms with Crippen molar-refractivity contribution in [1.82, 2.24) is 4.31 Å². The molecule has 5 nitrogen and oxygen atoms in total. The van der Waals surface area contributed by atoms with Crippen LogP contribution in [0.15, 0.2) is 27.8 Å². The van der Waals surface area contributed by atoms with Gasteiger partial charge in [-0.25, -0.2) is 13.2 Å². The van der Waals surface area contributed by atoms with Gasteiger partial charge in [-0.3, -0.25) is 0 Å². The van der Waals surface area contributed by atoms with Crippen molar-refractivity contribution in [3.63, 3.8) is 0 Å². The van der Waals surface area contributed by atoms with Gasteiger partial charge in [-0.15, -0.1) is 22.7 Å². The van der Waals surface area contributed by atoms with Crippen LogP contribution in [0.3, 0.4) is 0 Å². The van der Waals surface area contributed by atoms with Gasteiger partial charge in [0.05, 0.1) is 0 Å². The van der Waals surface area contributed by atoms with E-state index >= 15 is 0 Å². The highest BCUT2D eigenvalue weighted by Crippen LogP contribution is 2.37. The number of carbonyl (C=O) groups is 1. The summed E-state index contributed by atoms with van der Waals surface area (Å²) in [5.41, 5.74) is 1.02. The zero-order valence-electron chi connectivity index (χ0n) is 11.1. The van der Waals surface area contributed by atoms with Crippen LogP contribution >= 0.6 is 22.7 Å². The highest BCUT2D eigenvalue weighted by molar-refractivity contribution is 7.89. The van der Waals surface area contributed by atoms with Crippen molar-refractivity contribution in [3.05, 3.63) is 38.2 Å². The lowest BCUT2D eigenvalue weighted by Crippen LogP contribution is -2.38. The van der Waals surface area contributed by atoms with Crippen LogP contribution in [-0.4, -0.2) is 30.3 Å². The van der Waals surface area contributed by atoms with Crippen molar-refractivity contribution in [2.24, 2.45) is 0 Å². The van der Waals surface area contributed by atoms with Crippen LogP contribution in [0.25, 0.3) is 0 Å². The second-order valence-electron chi connectivity index (χ2n) is 4.76. The zero-order chi connectivity index (χ0) is 15.2. The van der Waals surface area contributed by atoms with Gasteiger partial charge in [0.15, 0.2) is 0 Å². The Kier molecular flexibility index (Phi) is 3.64. The molecule has 0 amide bonds. The highest BCUT2D eigenvalue weighted by atomic mass is 32.2. The summed E-state index contributed by atoms with van der Waals surface area (Å²) in [6, 6.07) is 3.05. The molecule has 1 N–H and O–H groups in total. The maximum absolute atomic E-state index is 12.8. The van der Waals surface area contributed by atoms with Crippen molar-refractivity contribution in [3.8, 4) is 0 Å². The summed E-state index contributed by atoms with van der Waals surface area (Å²) < 4.78 is 27.0. The summed E-state index contributed by atoms with van der Waals surface area (Å²) in [4.78, 5) is 12.2. The van der Waals surface area contributed by atoms with Gasteiger partial charge >= 0.3 is 5.97 Å². The van der Waals surface area contributed by atoms with Crippen LogP contribution in [0, 0.1) is 0 Å². The third-order valence-electron chi connectivity index (χ3n) is 3.63. The number of carboxylic acids is 1. The molecule has 3 rings (SSSR count). The van der Waals surface area contributed by atoms with Crippen LogP contribution in [0.1, 0.15) is 33.1 Å². The number of thiophene rings is 2. The summed E-state index contributed by atoms with van der Waals surface area (Å²) >= 11 is 2.57. The van der Waals surface area contributed by atoms with E-state index in [1.807, 2.05) is 18.4 Å². The van der Waals surface area contributed by atoms with Crippen molar-refractivity contribution < 1.29 is 18.3 Å². The molecule has 112 valence electrons. The number of nitrogens with zero attached hydrogens (tertiary/aromatic N) is 1. The average Bonchev–Trinajstić information content (AvgIpc) is 3.08. The van der Waals surface area contributed by atoms with Gasteiger partial charge in [-0.2, -0.15) is 4.31 Å². The van der Waals surface area contributed by atoms with Crippen molar-refractivity contribution in [1.29, 1.82) is 0 Å². The lowest BCUT2D eigenvalue weighted by atomic mass is 10.0. The summed E-state index contributed by atoms with van der Waals surface area (Å²) in [5.74, 6) is -1.20. The predicted octanol–water partition coefficient (Wildman–Crippen LogP) is 2.82. The standard InChI is InChI=1S/C13H13NO4S3/c1-8-9-3-6-19-10(9)2-5-14(8)21(17,18)11-4-7-20-12(11)13(15)16/h3-4,6-8H,2,5H2,1H3,(H,15,16). The molecule has 2 aromatic rings. The van der Waals surface area contributed by atoms with Crippen LogP contribution in [-0.2, 0) is 16.4 Å². The molecule has 1 atom stereocenters. The Labute approximate surface area is 130 Å². The Bertz CT molecular complexity index is 790. The Morgan fingerprint density at radius 3 is 2.76 bits per heavy atom. The Morgan fingerprint density at radius 2 is 2.05 bits per heavy atom. The number of aromatic carboxylic acids is 1. The minimum Gasteiger partial charge on any atom is -0.477 e. The van der Waals surface area contributed by atoms with Gasteiger partial charge in [-0.05, 0) is 41.8 Å². The van der Waals surface area contributed by atoms with Crippen molar-refractivity contribution >= 4 is 38.7 Å². The summed E-state index contributed by atoms with van der Waals surface area (Å²) in [5, 5.41) is 12.6. The molecule has 0 spiro atoms. The first-order chi connectivity index (χ1) is 9.93. The van der Waals surface area contributed by atoms with Gasteiger partial charge < -0.3 is 5.11 Å². The van der Waals surface area contributed by atoms with E-state index in [2.05, 4.69) is 0 Å². The fourth-order valence-corrected chi connectivity index (χ4v) is 6.41. The molecule has 3 heterocycles. The lowest BCUT2D eigenvalue weighted by Gasteiger charge is -2.32. The number of hydrogen-bond acceptors (Lipinski definition) is 5. The van der Waals surface area contributed by atoms with Crippen LogP contribution < -0.4 is 0 Å². The van der Waals surface area contributed by atoms with Crippen molar-refractivity contribution in [2.45, 2.75) is 24.3 Å². The highest BCUT2D eigenvalue weighted by Gasteiger charge is 2.36. The van der Waals surface area contributed by atoms with E-state index in [9.17, 15) is 13.2 Å². The molecule has 0 fully saturated rings. The lowest BCUT2D eigenvalue weighted by molar-refractivity contribution is 0.0698. The molecule has 1 aliphatic rings. The van der Waals surface area contributed by atoms with E-state index in [-0.39, 0.29) is 15.8 Å². The first-order valence-corrected chi connectivity index (χ1v) is 9.51. The molecule has 2 aromatic heterocycles. The summed E-state index contributed by atoms with van der Waals surface area (Å²) in [6.45, 7) is 2.22. The van der Waals surface area contributed by atoms with Gasteiger partial charge in [0, 0.05) is 17.5 Å². The maximum atomic E-state index is 12.8. The normalized spacial score (nSPS) is 19.4. The first kappa shape index (κ1) is 14.7. The summed E-state index contributed by atoms with van der Waals surface area (Å²) in [7, 11) is -3.80. The predicted molar refractivity (Wildman–Crippen MR) is 81.6 cm³/mol. The number of carboxylic acid groups (broad SMARTS) is 1. The Morgan fingerprint density at radius 1 is 1.33 bits per heavy atom. The van der Waals surface area contributed by atoms with Crippen LogP contribution in [0.4, 0.5) is 0 Å². The smallest absolute Gasteiger partial charge is 0.347 e. The largest absolute Gasteiger partial charge is 0.477 e. The second kappa shape index (κ2) is 5.20. The fraction of sp³-hybridized carbons (Fsp3) is 0.308. The van der Waals surface area contributed by atoms with E-state index in [4.69, 9.17) is 5.11 Å². The monoisotopic (exact) mass is 343 g/mol. The van der Waals surface area contributed by atoms with E-state index in [1.165, 1.54) is 20.6 Å². The minimum atomic E-state index is -3.80. The van der Waals surface area contributed by atoms with E-state index in [0.29, 0.717) is 13.0 Å². The second-order valence-corrected chi connectivity index (χ2v) is 8.54. The van der Waals surface area contributed by atoms with E-state index in [1.54, 1.807) is 11.3 Å². The van der Waals surface area contributed by atoms with Crippen molar-refractivity contribution in [2.75, 3.05) is 6.54 Å². The third-order valence-corrected chi connectivity index (χ3v) is 7.67. The molecular formula is C13H13NO4S3. The number of sulfonamides is 1. The van der Waals surface area contributed by atoms with Gasteiger partial charge in [0.25, 0.3) is 0 Å². The topological polar surface area (TPSA) is 74.7 Å². The average molecular weight is 343 g/mol. The van der Waals surface area contributed by atoms with Crippen LogP contribution in [0.2, 0.25) is 0 Å². The molecule has 0 bridgehead atoms. The molecule has 0 radical (unpaired) electrons. The molecule has 1 aliphatic heterocycles. The minimum absolute atomic E-state index is 0.106. The van der Waals surface area contributed by atoms with E-state index in [0.717, 1.165) is 16.9 Å². The van der Waals surface area contributed by atoms with Gasteiger partial charge in [0.2, 0.25) is 10.0 Å². The number of rotatable bonds is 3. The molecule has 8 heteroatoms. The third kappa shape index (κ3) is 2.32. The van der Waals surface area contributed by atoms with Crippen LogP contribution in [0.5, 0.6) is 0 Å². The fourth-order valence-electron chi connectivity index (χ4n) is 2.60. The molecule has 21 heavy (non-hydrogen) atoms. The molecule has 0 saturated carbocycles. The summed E-state index contributed by atoms with van der Waals surface area (Å²) in [6.07, 6.45) is 0.670.